The van der Waals surface area contributed by atoms with Crippen LogP contribution in [-0.2, 0) is 0 Å². The molecule has 4 aliphatic rings. The van der Waals surface area contributed by atoms with E-state index in [0.29, 0.717) is 0 Å². The molecule has 118 valence electrons. The maximum absolute atomic E-state index is 3.81. The van der Waals surface area contributed by atoms with Crippen molar-refractivity contribution >= 4 is 31.9 Å². The first-order valence-electron chi connectivity index (χ1n) is 8.01. The third-order valence-electron chi connectivity index (χ3n) is 4.37. The maximum atomic E-state index is 3.81. The molecule has 2 heteroatoms. The minimum absolute atomic E-state index is 0.969. The number of halogens is 2. The molecule has 0 fully saturated rings. The Labute approximate surface area is 159 Å². The van der Waals surface area contributed by atoms with Crippen LogP contribution in [0.1, 0.15) is 12.8 Å². The molecule has 0 spiro atoms. The van der Waals surface area contributed by atoms with Gasteiger partial charge in [0.2, 0.25) is 0 Å². The van der Waals surface area contributed by atoms with Crippen molar-refractivity contribution in [3.63, 3.8) is 0 Å². The molecule has 0 aromatic heterocycles. The molecule has 0 heterocycles. The molecule has 0 N–H and O–H groups in total. The lowest BCUT2D eigenvalue weighted by Gasteiger charge is -2.11. The van der Waals surface area contributed by atoms with Crippen molar-refractivity contribution in [1.29, 1.82) is 0 Å². The second kappa shape index (κ2) is 6.70. The third kappa shape index (κ3) is 3.26. The summed E-state index contributed by atoms with van der Waals surface area (Å²) in [6.07, 6.45) is 28.2. The number of fused-ring (bicyclic) bond motifs is 4. The van der Waals surface area contributed by atoms with E-state index >= 15 is 0 Å². The van der Waals surface area contributed by atoms with Gasteiger partial charge in [-0.2, -0.15) is 0 Å². The normalized spacial score (nSPS) is 22.2. The highest BCUT2D eigenvalue weighted by Crippen LogP contribution is 2.41. The minimum Gasteiger partial charge on any atom is -0.0620 e. The molecule has 0 nitrogen and oxygen atoms in total. The molecule has 0 amide bonds. The highest BCUT2D eigenvalue weighted by atomic mass is 79.9. The van der Waals surface area contributed by atoms with Crippen LogP contribution in [0.15, 0.2) is 115 Å². The van der Waals surface area contributed by atoms with E-state index < -0.39 is 0 Å². The first kappa shape index (κ1) is 15.9. The molecule has 0 unspecified atom stereocenters. The van der Waals surface area contributed by atoms with E-state index in [2.05, 4.69) is 105 Å². The van der Waals surface area contributed by atoms with Gasteiger partial charge in [0.25, 0.3) is 0 Å². The molecule has 0 aromatic rings. The van der Waals surface area contributed by atoms with Gasteiger partial charge in [-0.15, -0.1) is 0 Å². The Morgan fingerprint density at radius 2 is 0.833 bits per heavy atom. The van der Waals surface area contributed by atoms with E-state index in [1.165, 1.54) is 33.4 Å². The lowest BCUT2D eigenvalue weighted by molar-refractivity contribution is 1.22. The molecule has 0 aliphatic heterocycles. The molecule has 4 aliphatic carbocycles. The van der Waals surface area contributed by atoms with Gasteiger partial charge in [0.15, 0.2) is 0 Å². The lowest BCUT2D eigenvalue weighted by atomic mass is 10.0. The van der Waals surface area contributed by atoms with Gasteiger partial charge in [-0.25, -0.2) is 0 Å². The summed E-state index contributed by atoms with van der Waals surface area (Å²) in [7, 11) is 0. The summed E-state index contributed by atoms with van der Waals surface area (Å²) in [6, 6.07) is 0. The van der Waals surface area contributed by atoms with Crippen LogP contribution in [0, 0.1) is 0 Å². The van der Waals surface area contributed by atoms with Crippen LogP contribution in [0.5, 0.6) is 0 Å². The number of allylic oxidation sites excluding steroid dienone is 20. The standard InChI is InChI=1S/C22H16Br2/c23-21-13-17-7-3-1-5-15(9-17)11-19(21)20-12-16-6-2-4-8-18(10-16)14-22(20)24/h1-8,11-14H,9-10H2. The molecule has 4 bridgehead atoms. The van der Waals surface area contributed by atoms with Gasteiger partial charge in [0.1, 0.15) is 0 Å². The van der Waals surface area contributed by atoms with Gasteiger partial charge in [-0.3, -0.25) is 0 Å². The van der Waals surface area contributed by atoms with Crippen LogP contribution in [0.2, 0.25) is 0 Å². The SMILES string of the molecule is BrC1=CC2=CC=CC=C(C=C1C1=CC3=CC=CC=C(C=C1Br)C3)C2. The number of rotatable bonds is 1. The summed E-state index contributed by atoms with van der Waals surface area (Å²) in [5, 5.41) is 0. The first-order valence-corrected chi connectivity index (χ1v) is 9.59. The number of hydrogen-bond donors (Lipinski definition) is 0. The Morgan fingerprint density at radius 3 is 1.21 bits per heavy atom. The van der Waals surface area contributed by atoms with Gasteiger partial charge >= 0.3 is 0 Å². The van der Waals surface area contributed by atoms with E-state index in [0.717, 1.165) is 21.8 Å². The zero-order chi connectivity index (χ0) is 16.5. The van der Waals surface area contributed by atoms with Crippen LogP contribution < -0.4 is 0 Å². The largest absolute Gasteiger partial charge is 0.0620 e. The van der Waals surface area contributed by atoms with E-state index in [-0.39, 0.29) is 0 Å². The van der Waals surface area contributed by atoms with Crippen molar-refractivity contribution in [2.75, 3.05) is 0 Å². The van der Waals surface area contributed by atoms with E-state index in [1.54, 1.807) is 0 Å². The second-order valence-electron chi connectivity index (χ2n) is 6.19. The Morgan fingerprint density at radius 1 is 0.500 bits per heavy atom. The third-order valence-corrected chi connectivity index (χ3v) is 5.68. The van der Waals surface area contributed by atoms with Crippen LogP contribution in [0.3, 0.4) is 0 Å². The number of hydrogen-bond acceptors (Lipinski definition) is 0. The van der Waals surface area contributed by atoms with Gasteiger partial charge < -0.3 is 0 Å². The topological polar surface area (TPSA) is 0 Å². The molecule has 0 radical (unpaired) electrons. The maximum Gasteiger partial charge on any atom is 0.0257 e. The summed E-state index contributed by atoms with van der Waals surface area (Å²) >= 11 is 7.61. The van der Waals surface area contributed by atoms with Crippen molar-refractivity contribution in [3.8, 4) is 0 Å². The molecule has 4 rings (SSSR count). The van der Waals surface area contributed by atoms with Crippen molar-refractivity contribution in [3.05, 3.63) is 115 Å². The molecule has 0 saturated heterocycles. The van der Waals surface area contributed by atoms with E-state index in [4.69, 9.17) is 0 Å². The van der Waals surface area contributed by atoms with Gasteiger partial charge in [0.05, 0.1) is 0 Å². The fourth-order valence-electron chi connectivity index (χ4n) is 3.22. The Bertz CT molecular complexity index is 828. The lowest BCUT2D eigenvalue weighted by Crippen LogP contribution is -1.92. The molecular formula is C22H16Br2. The van der Waals surface area contributed by atoms with Crippen molar-refractivity contribution in [2.24, 2.45) is 0 Å². The molecular weight excluding hydrogens is 424 g/mol. The van der Waals surface area contributed by atoms with Gasteiger partial charge in [0, 0.05) is 8.96 Å². The highest BCUT2D eigenvalue weighted by Gasteiger charge is 2.19. The predicted molar refractivity (Wildman–Crippen MR) is 110 cm³/mol. The summed E-state index contributed by atoms with van der Waals surface area (Å²) < 4.78 is 2.26. The summed E-state index contributed by atoms with van der Waals surface area (Å²) in [5.41, 5.74) is 7.74. The van der Waals surface area contributed by atoms with Crippen molar-refractivity contribution in [2.45, 2.75) is 12.8 Å². The van der Waals surface area contributed by atoms with Crippen molar-refractivity contribution in [1.82, 2.24) is 0 Å². The molecule has 0 saturated carbocycles. The first-order chi connectivity index (χ1) is 11.7. The summed E-state index contributed by atoms with van der Waals surface area (Å²) in [5.74, 6) is 0. The molecule has 0 aromatic carbocycles. The quantitative estimate of drug-likeness (QED) is 0.410. The average molecular weight is 440 g/mol. The molecule has 24 heavy (non-hydrogen) atoms. The average Bonchev–Trinajstić information content (AvgIpc) is 3.01. The van der Waals surface area contributed by atoms with Gasteiger partial charge in [-0.1, -0.05) is 80.5 Å². The van der Waals surface area contributed by atoms with E-state index in [1.807, 2.05) is 0 Å². The highest BCUT2D eigenvalue weighted by molar-refractivity contribution is 9.12. The minimum atomic E-state index is 0.969. The zero-order valence-electron chi connectivity index (χ0n) is 13.1. The fourth-order valence-corrected chi connectivity index (χ4v) is 4.47. The van der Waals surface area contributed by atoms with Crippen molar-refractivity contribution < 1.29 is 0 Å². The Balaban J connectivity index is 1.88. The van der Waals surface area contributed by atoms with E-state index in [9.17, 15) is 0 Å². The predicted octanol–water partition coefficient (Wildman–Crippen LogP) is 7.05. The van der Waals surface area contributed by atoms with Crippen LogP contribution in [0.4, 0.5) is 0 Å². The smallest absolute Gasteiger partial charge is 0.0257 e. The molecule has 0 atom stereocenters. The summed E-state index contributed by atoms with van der Waals surface area (Å²) in [4.78, 5) is 0. The summed E-state index contributed by atoms with van der Waals surface area (Å²) in [6.45, 7) is 0. The fraction of sp³-hybridized carbons (Fsp3) is 0.0909. The second-order valence-corrected chi connectivity index (χ2v) is 7.90. The Kier molecular flexibility index (Phi) is 4.43. The van der Waals surface area contributed by atoms with Crippen LogP contribution in [0.25, 0.3) is 0 Å². The zero-order valence-corrected chi connectivity index (χ0v) is 16.3. The Hall–Kier alpha value is -1.64. The van der Waals surface area contributed by atoms with Crippen LogP contribution in [-0.4, -0.2) is 0 Å². The van der Waals surface area contributed by atoms with Crippen LogP contribution >= 0.6 is 31.9 Å². The van der Waals surface area contributed by atoms with Gasteiger partial charge in [-0.05, 0) is 70.6 Å². The monoisotopic (exact) mass is 438 g/mol.